The van der Waals surface area contributed by atoms with E-state index in [1.165, 1.54) is 6.92 Å². The van der Waals surface area contributed by atoms with Gasteiger partial charge in [0.05, 0.1) is 0 Å². The summed E-state index contributed by atoms with van der Waals surface area (Å²) in [5.74, 6) is -2.46. The number of hydrogen-bond acceptors (Lipinski definition) is 4. The predicted molar refractivity (Wildman–Crippen MR) is 80.7 cm³/mol. The van der Waals surface area contributed by atoms with Gasteiger partial charge in [-0.15, -0.1) is 0 Å². The molecule has 0 aromatic carbocycles. The van der Waals surface area contributed by atoms with Gasteiger partial charge in [-0.3, -0.25) is 4.79 Å². The Hall–Kier alpha value is -1.60. The van der Waals surface area contributed by atoms with Gasteiger partial charge >= 0.3 is 5.97 Å². The number of carbonyl (C=O) groups excluding carboxylic acids is 2. The van der Waals surface area contributed by atoms with Crippen molar-refractivity contribution in [3.63, 3.8) is 0 Å². The first-order chi connectivity index (χ1) is 11.8. The van der Waals surface area contributed by atoms with Gasteiger partial charge < -0.3 is 9.47 Å². The van der Waals surface area contributed by atoms with Crippen molar-refractivity contribution in [2.75, 3.05) is 0 Å². The number of ether oxygens (including phenoxy) is 2. The maximum absolute atomic E-state index is 14.4. The lowest BCUT2D eigenvalue weighted by Gasteiger charge is -2.42. The summed E-state index contributed by atoms with van der Waals surface area (Å²) >= 11 is 0. The minimum absolute atomic E-state index is 0.0270. The first-order valence-corrected chi connectivity index (χ1v) is 8.28. The normalized spacial score (nSPS) is 41.6. The van der Waals surface area contributed by atoms with E-state index in [4.69, 9.17) is 4.74 Å². The van der Waals surface area contributed by atoms with Gasteiger partial charge in [0.1, 0.15) is 24.6 Å². The lowest BCUT2D eigenvalue weighted by atomic mass is 9.70. The Balaban J connectivity index is 2.00. The zero-order valence-electron chi connectivity index (χ0n) is 13.9. The van der Waals surface area contributed by atoms with E-state index in [0.717, 1.165) is 0 Å². The molecular weight excluding hydrogens is 344 g/mol. The van der Waals surface area contributed by atoms with Gasteiger partial charge in [-0.25, -0.2) is 22.4 Å². The molecule has 0 radical (unpaired) electrons. The van der Waals surface area contributed by atoms with E-state index in [1.807, 2.05) is 0 Å². The Morgan fingerprint density at radius 1 is 1.08 bits per heavy atom. The minimum atomic E-state index is -2.01. The first kappa shape index (κ1) is 19.7. The van der Waals surface area contributed by atoms with Crippen molar-refractivity contribution < 1.29 is 36.6 Å². The van der Waals surface area contributed by atoms with E-state index < -0.39 is 54.7 Å². The number of hydrogen-bond donors (Lipinski definition) is 0. The third kappa shape index (κ3) is 4.33. The summed E-state index contributed by atoms with van der Waals surface area (Å²) in [7, 11) is 0. The van der Waals surface area contributed by atoms with Crippen LogP contribution < -0.4 is 0 Å². The SMILES string of the molecule is C=C(C)C(=O)OC1C(F)CC(C2CCC(OC=O)C(F)C2F)CC1F. The van der Waals surface area contributed by atoms with Crippen LogP contribution in [0.4, 0.5) is 17.6 Å². The quantitative estimate of drug-likeness (QED) is 0.325. The van der Waals surface area contributed by atoms with Gasteiger partial charge in [-0.1, -0.05) is 6.58 Å². The van der Waals surface area contributed by atoms with E-state index in [2.05, 4.69) is 11.3 Å². The number of esters is 1. The largest absolute Gasteiger partial charge is 0.461 e. The predicted octanol–water partition coefficient (Wildman–Crippen LogP) is 3.19. The molecule has 6 atom stereocenters. The Labute approximate surface area is 143 Å². The minimum Gasteiger partial charge on any atom is -0.461 e. The maximum Gasteiger partial charge on any atom is 0.333 e. The molecule has 25 heavy (non-hydrogen) atoms. The molecule has 4 nitrogen and oxygen atoms in total. The lowest BCUT2D eigenvalue weighted by Crippen LogP contribution is -2.50. The molecule has 0 saturated heterocycles. The number of carbonyl (C=O) groups is 2. The van der Waals surface area contributed by atoms with Crippen LogP contribution in [0, 0.1) is 11.8 Å². The third-order valence-electron chi connectivity index (χ3n) is 5.05. The molecule has 0 aliphatic heterocycles. The second kappa shape index (κ2) is 8.19. The molecule has 142 valence electrons. The van der Waals surface area contributed by atoms with Crippen LogP contribution in [0.15, 0.2) is 12.2 Å². The van der Waals surface area contributed by atoms with Crippen LogP contribution in [-0.2, 0) is 19.1 Å². The average molecular weight is 366 g/mol. The molecule has 0 spiro atoms. The molecule has 2 aliphatic rings. The van der Waals surface area contributed by atoms with E-state index >= 15 is 0 Å². The molecular formula is C17H22F4O4. The van der Waals surface area contributed by atoms with Crippen molar-refractivity contribution in [1.82, 2.24) is 0 Å². The fraction of sp³-hybridized carbons (Fsp3) is 0.765. The van der Waals surface area contributed by atoms with Gasteiger partial charge in [0.2, 0.25) is 0 Å². The first-order valence-electron chi connectivity index (χ1n) is 8.28. The molecule has 0 aromatic rings. The fourth-order valence-corrected chi connectivity index (χ4v) is 3.72. The summed E-state index contributed by atoms with van der Waals surface area (Å²) in [4.78, 5) is 21.8. The van der Waals surface area contributed by atoms with Crippen molar-refractivity contribution in [1.29, 1.82) is 0 Å². The smallest absolute Gasteiger partial charge is 0.333 e. The molecule has 0 aromatic heterocycles. The van der Waals surface area contributed by atoms with Crippen molar-refractivity contribution in [2.24, 2.45) is 11.8 Å². The van der Waals surface area contributed by atoms with E-state index in [1.54, 1.807) is 0 Å². The van der Waals surface area contributed by atoms with Gasteiger partial charge in [0.15, 0.2) is 12.3 Å². The molecule has 0 amide bonds. The number of rotatable bonds is 5. The summed E-state index contributed by atoms with van der Waals surface area (Å²) in [5, 5.41) is 0. The van der Waals surface area contributed by atoms with Crippen LogP contribution >= 0.6 is 0 Å². The van der Waals surface area contributed by atoms with Crippen LogP contribution in [-0.4, -0.2) is 49.3 Å². The average Bonchev–Trinajstić information content (AvgIpc) is 2.55. The Kier molecular flexibility index (Phi) is 6.46. The van der Waals surface area contributed by atoms with Gasteiger partial charge in [-0.2, -0.15) is 0 Å². The highest BCUT2D eigenvalue weighted by atomic mass is 19.2. The standard InChI is InChI=1S/C17H22F4O4/c1-8(2)17(23)25-16-11(18)5-9(6-12(16)19)10-3-4-13(24-7-22)15(21)14(10)20/h7,9-16H,1,3-6H2,2H3. The molecule has 0 N–H and O–H groups in total. The molecule has 2 fully saturated rings. The second-order valence-corrected chi connectivity index (χ2v) is 6.81. The van der Waals surface area contributed by atoms with E-state index in [-0.39, 0.29) is 37.7 Å². The Morgan fingerprint density at radius 2 is 1.68 bits per heavy atom. The molecule has 8 heteroatoms. The summed E-state index contributed by atoms with van der Waals surface area (Å²) in [6, 6.07) is 0. The molecule has 2 aliphatic carbocycles. The van der Waals surface area contributed by atoms with Crippen LogP contribution in [0.2, 0.25) is 0 Å². The zero-order valence-corrected chi connectivity index (χ0v) is 13.9. The van der Waals surface area contributed by atoms with Crippen LogP contribution in [0.1, 0.15) is 32.6 Å². The van der Waals surface area contributed by atoms with E-state index in [9.17, 15) is 27.2 Å². The molecule has 0 bridgehead atoms. The van der Waals surface area contributed by atoms with Gasteiger partial charge in [-0.05, 0) is 44.4 Å². The Bertz CT molecular complexity index is 503. The second-order valence-electron chi connectivity index (χ2n) is 6.81. The van der Waals surface area contributed by atoms with Crippen LogP contribution in [0.3, 0.4) is 0 Å². The van der Waals surface area contributed by atoms with Crippen LogP contribution in [0.5, 0.6) is 0 Å². The maximum atomic E-state index is 14.4. The summed E-state index contributed by atoms with van der Waals surface area (Å²) in [5.41, 5.74) is 0.0270. The van der Waals surface area contributed by atoms with Gasteiger partial charge in [0, 0.05) is 5.57 Å². The van der Waals surface area contributed by atoms with Gasteiger partial charge in [0.25, 0.3) is 6.47 Å². The summed E-state index contributed by atoms with van der Waals surface area (Å²) < 4.78 is 66.3. The molecule has 0 heterocycles. The summed E-state index contributed by atoms with van der Waals surface area (Å²) in [6.07, 6.45) is -10.5. The highest BCUT2D eigenvalue weighted by molar-refractivity contribution is 5.87. The van der Waals surface area contributed by atoms with Crippen LogP contribution in [0.25, 0.3) is 0 Å². The highest BCUT2D eigenvalue weighted by Gasteiger charge is 2.49. The molecule has 6 unspecified atom stereocenters. The number of halogens is 4. The van der Waals surface area contributed by atoms with Crippen molar-refractivity contribution in [3.8, 4) is 0 Å². The Morgan fingerprint density at radius 3 is 2.20 bits per heavy atom. The van der Waals surface area contributed by atoms with Crippen molar-refractivity contribution in [3.05, 3.63) is 12.2 Å². The number of alkyl halides is 4. The van der Waals surface area contributed by atoms with Crippen molar-refractivity contribution in [2.45, 2.75) is 69.5 Å². The monoisotopic (exact) mass is 366 g/mol. The lowest BCUT2D eigenvalue weighted by molar-refractivity contribution is -0.160. The third-order valence-corrected chi connectivity index (χ3v) is 5.05. The van der Waals surface area contributed by atoms with Crippen molar-refractivity contribution >= 4 is 12.4 Å². The summed E-state index contributed by atoms with van der Waals surface area (Å²) in [6.45, 7) is 4.79. The zero-order chi connectivity index (χ0) is 18.7. The molecule has 2 rings (SSSR count). The molecule has 2 saturated carbocycles. The fourth-order valence-electron chi connectivity index (χ4n) is 3.72. The van der Waals surface area contributed by atoms with E-state index in [0.29, 0.717) is 0 Å². The topological polar surface area (TPSA) is 52.6 Å². The highest BCUT2D eigenvalue weighted by Crippen LogP contribution is 2.43.